The number of nitrogens with one attached hydrogen (secondary N) is 1. The van der Waals surface area contributed by atoms with Gasteiger partial charge in [0.05, 0.1) is 5.69 Å². The molecule has 1 fully saturated rings. The molecular weight excluding hydrogens is 286 g/mol. The molecule has 1 aliphatic rings. The fourth-order valence-electron chi connectivity index (χ4n) is 3.23. The normalized spacial score (nSPS) is 16.9. The molecule has 0 saturated carbocycles. The molecule has 23 heavy (non-hydrogen) atoms. The average Bonchev–Trinajstić information content (AvgIpc) is 2.96. The molecule has 0 amide bonds. The molecule has 0 spiro atoms. The van der Waals surface area contributed by atoms with Crippen LogP contribution in [0.3, 0.4) is 0 Å². The monoisotopic (exact) mass is 307 g/mol. The first-order chi connectivity index (χ1) is 11.3. The highest BCUT2D eigenvalue weighted by atomic mass is 15.2. The highest BCUT2D eigenvalue weighted by Crippen LogP contribution is 2.30. The minimum Gasteiger partial charge on any atom is -0.339 e. The lowest BCUT2D eigenvalue weighted by Gasteiger charge is -2.32. The molecule has 3 aromatic rings. The molecule has 118 valence electrons. The van der Waals surface area contributed by atoms with E-state index in [1.165, 1.54) is 10.9 Å². The Morgan fingerprint density at radius 3 is 2.70 bits per heavy atom. The van der Waals surface area contributed by atoms with Gasteiger partial charge in [-0.2, -0.15) is 0 Å². The summed E-state index contributed by atoms with van der Waals surface area (Å²) in [6.45, 7) is 5.42. The van der Waals surface area contributed by atoms with E-state index in [0.717, 1.165) is 49.6 Å². The van der Waals surface area contributed by atoms with Crippen molar-refractivity contribution in [1.29, 1.82) is 0 Å². The third-order valence-electron chi connectivity index (χ3n) is 4.61. The summed E-state index contributed by atoms with van der Waals surface area (Å²) in [7, 11) is 2.19. The fraction of sp³-hybridized carbons (Fsp3) is 0.333. The maximum Gasteiger partial charge on any atom is 0.138 e. The van der Waals surface area contributed by atoms with E-state index in [4.69, 9.17) is 0 Å². The summed E-state index contributed by atoms with van der Waals surface area (Å²) < 4.78 is 0. The zero-order valence-corrected chi connectivity index (χ0v) is 13.4. The third kappa shape index (κ3) is 2.85. The molecule has 0 aliphatic carbocycles. The van der Waals surface area contributed by atoms with Crippen LogP contribution in [0.4, 0.5) is 0 Å². The predicted octanol–water partition coefficient (Wildman–Crippen LogP) is 2.37. The van der Waals surface area contributed by atoms with Crippen molar-refractivity contribution in [2.75, 3.05) is 33.2 Å². The van der Waals surface area contributed by atoms with Crippen LogP contribution in [-0.2, 0) is 6.54 Å². The molecule has 0 bridgehead atoms. The van der Waals surface area contributed by atoms with E-state index in [1.807, 2.05) is 30.7 Å². The first-order valence-electron chi connectivity index (χ1n) is 8.08. The summed E-state index contributed by atoms with van der Waals surface area (Å²) in [4.78, 5) is 17.2. The van der Waals surface area contributed by atoms with Crippen molar-refractivity contribution in [1.82, 2.24) is 24.8 Å². The molecule has 1 aliphatic heterocycles. The molecule has 3 aromatic heterocycles. The number of aromatic amines is 1. The fourth-order valence-corrected chi connectivity index (χ4v) is 3.23. The van der Waals surface area contributed by atoms with Crippen LogP contribution in [0.1, 0.15) is 5.56 Å². The lowest BCUT2D eigenvalue weighted by Crippen LogP contribution is -2.43. The van der Waals surface area contributed by atoms with Crippen LogP contribution in [0.5, 0.6) is 0 Å². The van der Waals surface area contributed by atoms with Crippen LogP contribution in [-0.4, -0.2) is 58.0 Å². The van der Waals surface area contributed by atoms with Gasteiger partial charge in [-0.3, -0.25) is 9.88 Å². The number of nitrogens with zero attached hydrogens (tertiary/aromatic N) is 4. The lowest BCUT2D eigenvalue weighted by molar-refractivity contribution is 0.148. The molecule has 4 heterocycles. The first kappa shape index (κ1) is 14.4. The number of hydrogen-bond donors (Lipinski definition) is 1. The van der Waals surface area contributed by atoms with Crippen molar-refractivity contribution in [2.45, 2.75) is 6.54 Å². The van der Waals surface area contributed by atoms with Crippen molar-refractivity contribution >= 4 is 11.0 Å². The van der Waals surface area contributed by atoms with Gasteiger partial charge in [0, 0.05) is 67.8 Å². The second kappa shape index (κ2) is 6.10. The number of aromatic nitrogens is 3. The first-order valence-corrected chi connectivity index (χ1v) is 8.08. The van der Waals surface area contributed by atoms with Gasteiger partial charge in [-0.1, -0.05) is 0 Å². The highest BCUT2D eigenvalue weighted by molar-refractivity contribution is 5.88. The van der Waals surface area contributed by atoms with Crippen LogP contribution in [0, 0.1) is 0 Å². The van der Waals surface area contributed by atoms with E-state index in [1.54, 1.807) is 0 Å². The minimum absolute atomic E-state index is 0.948. The number of piperazine rings is 1. The van der Waals surface area contributed by atoms with Gasteiger partial charge in [-0.25, -0.2) is 4.98 Å². The van der Waals surface area contributed by atoms with Gasteiger partial charge in [0.1, 0.15) is 5.65 Å². The number of H-pyrrole nitrogens is 1. The van der Waals surface area contributed by atoms with E-state index < -0.39 is 0 Å². The SMILES string of the molecule is CN1CCN(Cc2c(-c3cccnc3)[nH]c3ncccc23)CC1. The van der Waals surface area contributed by atoms with Crippen molar-refractivity contribution in [3.05, 3.63) is 48.4 Å². The quantitative estimate of drug-likeness (QED) is 0.807. The van der Waals surface area contributed by atoms with E-state index >= 15 is 0 Å². The predicted molar refractivity (Wildman–Crippen MR) is 92.1 cm³/mol. The van der Waals surface area contributed by atoms with Gasteiger partial charge < -0.3 is 9.88 Å². The highest BCUT2D eigenvalue weighted by Gasteiger charge is 2.19. The standard InChI is InChI=1S/C18H21N5/c1-22-8-10-23(11-9-22)13-16-15-5-3-7-20-18(15)21-17(16)14-4-2-6-19-12-14/h2-7,12H,8-11,13H2,1H3,(H,20,21). The number of hydrogen-bond acceptors (Lipinski definition) is 4. The number of pyridine rings is 2. The Kier molecular flexibility index (Phi) is 3.81. The van der Waals surface area contributed by atoms with Gasteiger partial charge in [0.25, 0.3) is 0 Å². The molecule has 1 N–H and O–H groups in total. The van der Waals surface area contributed by atoms with Gasteiger partial charge in [0.2, 0.25) is 0 Å². The molecule has 5 heteroatoms. The number of rotatable bonds is 3. The second-order valence-electron chi connectivity index (χ2n) is 6.20. The van der Waals surface area contributed by atoms with E-state index in [0.29, 0.717) is 0 Å². The molecular formula is C18H21N5. The zero-order valence-electron chi connectivity index (χ0n) is 13.4. The summed E-state index contributed by atoms with van der Waals surface area (Å²) in [5, 5.41) is 1.21. The van der Waals surface area contributed by atoms with Crippen molar-refractivity contribution in [3.8, 4) is 11.3 Å². The average molecular weight is 307 g/mol. The van der Waals surface area contributed by atoms with E-state index in [2.05, 4.69) is 43.9 Å². The summed E-state index contributed by atoms with van der Waals surface area (Å²) in [6.07, 6.45) is 5.56. The van der Waals surface area contributed by atoms with Gasteiger partial charge in [0.15, 0.2) is 0 Å². The van der Waals surface area contributed by atoms with Gasteiger partial charge in [-0.05, 0) is 31.3 Å². The van der Waals surface area contributed by atoms with Crippen LogP contribution >= 0.6 is 0 Å². The molecule has 1 saturated heterocycles. The van der Waals surface area contributed by atoms with Crippen molar-refractivity contribution in [2.24, 2.45) is 0 Å². The third-order valence-corrected chi connectivity index (χ3v) is 4.61. The van der Waals surface area contributed by atoms with Crippen LogP contribution in [0.2, 0.25) is 0 Å². The molecule has 0 radical (unpaired) electrons. The second-order valence-corrected chi connectivity index (χ2v) is 6.20. The largest absolute Gasteiger partial charge is 0.339 e. The molecule has 0 atom stereocenters. The van der Waals surface area contributed by atoms with E-state index in [-0.39, 0.29) is 0 Å². The Morgan fingerprint density at radius 2 is 1.91 bits per heavy atom. The topological polar surface area (TPSA) is 48.0 Å². The number of likely N-dealkylation sites (N-methyl/N-ethyl adjacent to an activating group) is 1. The molecule has 0 unspecified atom stereocenters. The van der Waals surface area contributed by atoms with Crippen LogP contribution in [0.15, 0.2) is 42.9 Å². The van der Waals surface area contributed by atoms with Crippen LogP contribution in [0.25, 0.3) is 22.3 Å². The summed E-state index contributed by atoms with van der Waals surface area (Å²) >= 11 is 0. The molecule has 0 aromatic carbocycles. The van der Waals surface area contributed by atoms with Crippen molar-refractivity contribution in [3.63, 3.8) is 0 Å². The Hall–Kier alpha value is -2.24. The Labute approximate surface area is 136 Å². The maximum absolute atomic E-state index is 4.49. The summed E-state index contributed by atoms with van der Waals surface area (Å²) in [5.74, 6) is 0. The van der Waals surface area contributed by atoms with Crippen LogP contribution < -0.4 is 0 Å². The van der Waals surface area contributed by atoms with Crippen molar-refractivity contribution < 1.29 is 0 Å². The molecule has 5 nitrogen and oxygen atoms in total. The Morgan fingerprint density at radius 1 is 1.09 bits per heavy atom. The molecule has 4 rings (SSSR count). The zero-order chi connectivity index (χ0) is 15.6. The minimum atomic E-state index is 0.948. The number of fused-ring (bicyclic) bond motifs is 1. The van der Waals surface area contributed by atoms with E-state index in [9.17, 15) is 0 Å². The maximum atomic E-state index is 4.49. The van der Waals surface area contributed by atoms with Gasteiger partial charge in [-0.15, -0.1) is 0 Å². The summed E-state index contributed by atoms with van der Waals surface area (Å²) in [5.41, 5.74) is 4.54. The summed E-state index contributed by atoms with van der Waals surface area (Å²) in [6, 6.07) is 8.25. The smallest absolute Gasteiger partial charge is 0.138 e. The Bertz CT molecular complexity index is 788. The Balaban J connectivity index is 1.74. The van der Waals surface area contributed by atoms with Gasteiger partial charge >= 0.3 is 0 Å². The lowest BCUT2D eigenvalue weighted by atomic mass is 10.1.